The van der Waals surface area contributed by atoms with Crippen LogP contribution in [0.25, 0.3) is 0 Å². The molecule has 0 aromatic heterocycles. The minimum Gasteiger partial charge on any atom is -0.298 e. The fourth-order valence-corrected chi connectivity index (χ4v) is 2.91. The van der Waals surface area contributed by atoms with Crippen molar-refractivity contribution in [2.24, 2.45) is 0 Å². The molecule has 0 radical (unpaired) electrons. The lowest BCUT2D eigenvalue weighted by Gasteiger charge is -2.06. The summed E-state index contributed by atoms with van der Waals surface area (Å²) in [5.41, 5.74) is 0.961. The van der Waals surface area contributed by atoms with E-state index < -0.39 is 11.6 Å². The van der Waals surface area contributed by atoms with E-state index in [0.29, 0.717) is 0 Å². The highest BCUT2D eigenvalue weighted by Crippen LogP contribution is 2.23. The summed E-state index contributed by atoms with van der Waals surface area (Å²) < 4.78 is 27.5. The lowest BCUT2D eigenvalue weighted by atomic mass is 10.1. The Hall–Kier alpha value is -1.20. The van der Waals surface area contributed by atoms with Gasteiger partial charge < -0.3 is 0 Å². The van der Waals surface area contributed by atoms with Crippen molar-refractivity contribution < 1.29 is 13.6 Å². The Kier molecular flexibility index (Phi) is 5.53. The number of ketones is 1. The van der Waals surface area contributed by atoms with Crippen molar-refractivity contribution in [3.05, 3.63) is 63.6 Å². The zero-order valence-electron chi connectivity index (χ0n) is 11.3. The molecule has 0 aliphatic carbocycles. The zero-order chi connectivity index (χ0) is 15.4. The van der Waals surface area contributed by atoms with Gasteiger partial charge in [0, 0.05) is 16.9 Å². The number of Topliss-reactive ketones (excluding diaryl/α,β-unsaturated/α-hetero) is 1. The van der Waals surface area contributed by atoms with Gasteiger partial charge in [0.25, 0.3) is 0 Å². The highest BCUT2D eigenvalue weighted by atomic mass is 79.9. The number of carbonyl (C=O) groups is 1. The molecule has 0 heterocycles. The molecule has 1 nitrogen and oxygen atoms in total. The van der Waals surface area contributed by atoms with Gasteiger partial charge in [-0.3, -0.25) is 4.79 Å². The standard InChI is InChI=1S/C16H13BrF2OS/c1-10-2-4-12(5-3-10)21-9-11(20)8-13-15(18)7-6-14(17)16(13)19/h2-7H,8-9H2,1H3. The minimum atomic E-state index is -0.705. The molecule has 0 saturated heterocycles. The van der Waals surface area contributed by atoms with Crippen LogP contribution < -0.4 is 0 Å². The summed E-state index contributed by atoms with van der Waals surface area (Å²) in [6, 6.07) is 10.2. The Bertz CT molecular complexity index is 656. The number of thioether (sulfide) groups is 1. The second-order valence-electron chi connectivity index (χ2n) is 4.64. The van der Waals surface area contributed by atoms with Crippen LogP contribution in [0.2, 0.25) is 0 Å². The predicted molar refractivity (Wildman–Crippen MR) is 84.7 cm³/mol. The SMILES string of the molecule is Cc1ccc(SCC(=O)Cc2c(F)ccc(Br)c2F)cc1. The number of rotatable bonds is 5. The van der Waals surface area contributed by atoms with E-state index >= 15 is 0 Å². The number of hydrogen-bond acceptors (Lipinski definition) is 2. The average molecular weight is 371 g/mol. The normalized spacial score (nSPS) is 10.7. The Labute approximate surface area is 134 Å². The summed E-state index contributed by atoms with van der Waals surface area (Å²) in [6.07, 6.45) is -0.240. The first kappa shape index (κ1) is 16.2. The van der Waals surface area contributed by atoms with Crippen molar-refractivity contribution in [2.75, 3.05) is 5.75 Å². The van der Waals surface area contributed by atoms with Gasteiger partial charge in [0.15, 0.2) is 0 Å². The van der Waals surface area contributed by atoms with E-state index in [1.54, 1.807) is 0 Å². The number of hydrogen-bond donors (Lipinski definition) is 0. The van der Waals surface area contributed by atoms with E-state index in [2.05, 4.69) is 15.9 Å². The molecule has 5 heteroatoms. The van der Waals surface area contributed by atoms with Crippen LogP contribution in [0.4, 0.5) is 8.78 Å². The van der Waals surface area contributed by atoms with Crippen LogP contribution in [0, 0.1) is 18.6 Å². The molecule has 0 unspecified atom stereocenters. The van der Waals surface area contributed by atoms with E-state index in [4.69, 9.17) is 0 Å². The molecule has 0 amide bonds. The topological polar surface area (TPSA) is 17.1 Å². The molecule has 0 aliphatic heterocycles. The third-order valence-electron chi connectivity index (χ3n) is 2.93. The molecule has 0 bridgehead atoms. The van der Waals surface area contributed by atoms with Crippen LogP contribution in [-0.2, 0) is 11.2 Å². The lowest BCUT2D eigenvalue weighted by molar-refractivity contribution is -0.116. The Morgan fingerprint density at radius 2 is 1.81 bits per heavy atom. The first-order valence-electron chi connectivity index (χ1n) is 6.31. The van der Waals surface area contributed by atoms with Crippen LogP contribution in [-0.4, -0.2) is 11.5 Å². The van der Waals surface area contributed by atoms with Crippen molar-refractivity contribution in [1.82, 2.24) is 0 Å². The molecule has 0 spiro atoms. The van der Waals surface area contributed by atoms with Crippen LogP contribution in [0.5, 0.6) is 0 Å². The van der Waals surface area contributed by atoms with Crippen LogP contribution in [0.3, 0.4) is 0 Å². The van der Waals surface area contributed by atoms with E-state index in [1.807, 2.05) is 31.2 Å². The minimum absolute atomic E-state index is 0.165. The largest absolute Gasteiger partial charge is 0.298 e. The van der Waals surface area contributed by atoms with Gasteiger partial charge in [-0.2, -0.15) is 0 Å². The summed E-state index contributed by atoms with van der Waals surface area (Å²) in [5, 5.41) is 0. The Morgan fingerprint density at radius 3 is 2.48 bits per heavy atom. The summed E-state index contributed by atoms with van der Waals surface area (Å²) in [7, 11) is 0. The third-order valence-corrected chi connectivity index (χ3v) is 4.62. The van der Waals surface area contributed by atoms with Crippen LogP contribution in [0.15, 0.2) is 45.8 Å². The molecular formula is C16H13BrF2OS. The molecule has 0 N–H and O–H groups in total. The van der Waals surface area contributed by atoms with Gasteiger partial charge >= 0.3 is 0 Å². The van der Waals surface area contributed by atoms with Crippen molar-refractivity contribution in [3.8, 4) is 0 Å². The maximum absolute atomic E-state index is 13.8. The van der Waals surface area contributed by atoms with E-state index in [0.717, 1.165) is 16.5 Å². The molecule has 21 heavy (non-hydrogen) atoms. The zero-order valence-corrected chi connectivity index (χ0v) is 13.7. The van der Waals surface area contributed by atoms with Crippen molar-refractivity contribution in [3.63, 3.8) is 0 Å². The predicted octanol–water partition coefficient (Wildman–Crippen LogP) is 4.94. The monoisotopic (exact) mass is 370 g/mol. The van der Waals surface area contributed by atoms with Gasteiger partial charge in [-0.05, 0) is 47.1 Å². The maximum Gasteiger partial charge on any atom is 0.147 e. The molecule has 0 aliphatic rings. The summed E-state index contributed by atoms with van der Waals surface area (Å²) >= 11 is 4.36. The maximum atomic E-state index is 13.8. The van der Waals surface area contributed by atoms with E-state index in [1.165, 1.54) is 17.8 Å². The molecule has 0 atom stereocenters. The second-order valence-corrected chi connectivity index (χ2v) is 6.54. The first-order valence-corrected chi connectivity index (χ1v) is 8.09. The fraction of sp³-hybridized carbons (Fsp3) is 0.188. The quantitative estimate of drug-likeness (QED) is 0.547. The molecule has 0 fully saturated rings. The summed E-state index contributed by atoms with van der Waals surface area (Å²) in [6.45, 7) is 1.98. The van der Waals surface area contributed by atoms with Gasteiger partial charge in [-0.15, -0.1) is 11.8 Å². The van der Waals surface area contributed by atoms with Gasteiger partial charge in [-0.25, -0.2) is 8.78 Å². The third kappa shape index (κ3) is 4.38. The average Bonchev–Trinajstić information content (AvgIpc) is 2.47. The van der Waals surface area contributed by atoms with Gasteiger partial charge in [0.2, 0.25) is 0 Å². The number of carbonyl (C=O) groups excluding carboxylic acids is 1. The van der Waals surface area contributed by atoms with Crippen LogP contribution in [0.1, 0.15) is 11.1 Å². The highest BCUT2D eigenvalue weighted by Gasteiger charge is 2.16. The summed E-state index contributed by atoms with van der Waals surface area (Å²) in [5.74, 6) is -1.42. The fourth-order valence-electron chi connectivity index (χ4n) is 1.78. The number of aryl methyl sites for hydroxylation is 1. The van der Waals surface area contributed by atoms with Gasteiger partial charge in [0.05, 0.1) is 10.2 Å². The van der Waals surface area contributed by atoms with Crippen molar-refractivity contribution in [2.45, 2.75) is 18.2 Å². The van der Waals surface area contributed by atoms with Crippen molar-refractivity contribution in [1.29, 1.82) is 0 Å². The smallest absolute Gasteiger partial charge is 0.147 e. The molecule has 110 valence electrons. The van der Waals surface area contributed by atoms with Gasteiger partial charge in [-0.1, -0.05) is 17.7 Å². The highest BCUT2D eigenvalue weighted by molar-refractivity contribution is 9.10. The van der Waals surface area contributed by atoms with Crippen molar-refractivity contribution >= 4 is 33.5 Å². The first-order chi connectivity index (χ1) is 9.97. The van der Waals surface area contributed by atoms with Crippen LogP contribution >= 0.6 is 27.7 Å². The Balaban J connectivity index is 1.99. The second kappa shape index (κ2) is 7.18. The number of halogens is 3. The van der Waals surface area contributed by atoms with E-state index in [-0.39, 0.29) is 28.0 Å². The van der Waals surface area contributed by atoms with Gasteiger partial charge in [0.1, 0.15) is 17.4 Å². The molecule has 2 aromatic carbocycles. The van der Waals surface area contributed by atoms with E-state index in [9.17, 15) is 13.6 Å². The Morgan fingerprint density at radius 1 is 1.14 bits per heavy atom. The summed E-state index contributed by atoms with van der Waals surface area (Å²) in [4.78, 5) is 12.9. The molecular weight excluding hydrogens is 358 g/mol. The molecule has 0 saturated carbocycles. The number of benzene rings is 2. The molecule has 2 rings (SSSR count). The molecule has 2 aromatic rings. The lowest BCUT2D eigenvalue weighted by Crippen LogP contribution is -2.09.